The van der Waals surface area contributed by atoms with Gasteiger partial charge in [0.25, 0.3) is 5.91 Å². The van der Waals surface area contributed by atoms with Crippen molar-refractivity contribution in [3.05, 3.63) is 95.5 Å². The van der Waals surface area contributed by atoms with Gasteiger partial charge >= 0.3 is 0 Å². The summed E-state index contributed by atoms with van der Waals surface area (Å²) in [6, 6.07) is 20.0. The van der Waals surface area contributed by atoms with Crippen LogP contribution in [0.2, 0.25) is 0 Å². The minimum absolute atomic E-state index is 0.139. The molecule has 0 fully saturated rings. The van der Waals surface area contributed by atoms with Crippen molar-refractivity contribution in [2.75, 3.05) is 5.32 Å². The quantitative estimate of drug-likeness (QED) is 0.730. The molecule has 5 nitrogen and oxygen atoms in total. The number of para-hydroxylation sites is 1. The second-order valence-corrected chi connectivity index (χ2v) is 7.19. The monoisotopic (exact) mass is 372 g/mol. The first-order chi connectivity index (χ1) is 13.6. The number of amides is 1. The molecule has 1 aliphatic heterocycles. The number of hydrogen-bond donors (Lipinski definition) is 2. The number of fused-ring (bicyclic) bond motifs is 1. The molecule has 28 heavy (non-hydrogen) atoms. The fourth-order valence-electron chi connectivity index (χ4n) is 3.52. The van der Waals surface area contributed by atoms with Gasteiger partial charge in [-0.1, -0.05) is 55.1 Å². The van der Waals surface area contributed by atoms with E-state index in [4.69, 9.17) is 0 Å². The van der Waals surface area contributed by atoms with Crippen LogP contribution in [0.3, 0.4) is 0 Å². The van der Waals surface area contributed by atoms with Crippen LogP contribution in [0.5, 0.6) is 0 Å². The molecule has 1 aliphatic rings. The van der Waals surface area contributed by atoms with Crippen LogP contribution in [-0.4, -0.2) is 21.7 Å². The number of benzene rings is 2. The molecule has 3 aromatic rings. The summed E-state index contributed by atoms with van der Waals surface area (Å²) in [6.45, 7) is 6.74. The van der Waals surface area contributed by atoms with Gasteiger partial charge in [0.2, 0.25) is 0 Å². The lowest BCUT2D eigenvalue weighted by atomic mass is 10.1. The number of anilines is 1. The molecule has 1 amide bonds. The SMILES string of the molecule is C=C1Nc2ccccc2CC[C@@H]1NC(=O)c1cc(C)n(Cc2ccccc2)n1. The molecular weight excluding hydrogens is 348 g/mol. The zero-order valence-electron chi connectivity index (χ0n) is 16.0. The third-order valence-corrected chi connectivity index (χ3v) is 5.13. The lowest BCUT2D eigenvalue weighted by Crippen LogP contribution is -2.37. The second-order valence-electron chi connectivity index (χ2n) is 7.19. The summed E-state index contributed by atoms with van der Waals surface area (Å²) in [4.78, 5) is 12.8. The van der Waals surface area contributed by atoms with E-state index in [0.29, 0.717) is 12.2 Å². The Morgan fingerprint density at radius 3 is 2.79 bits per heavy atom. The number of aromatic nitrogens is 2. The first kappa shape index (κ1) is 18.0. The number of rotatable bonds is 4. The molecule has 5 heteroatoms. The van der Waals surface area contributed by atoms with E-state index in [1.807, 2.05) is 54.1 Å². The number of carbonyl (C=O) groups excluding carboxylic acids is 1. The Bertz CT molecular complexity index is 1010. The molecule has 0 radical (unpaired) electrons. The molecule has 1 aromatic heterocycles. The highest BCUT2D eigenvalue weighted by Crippen LogP contribution is 2.25. The van der Waals surface area contributed by atoms with Gasteiger partial charge in [-0.3, -0.25) is 9.48 Å². The predicted molar refractivity (Wildman–Crippen MR) is 111 cm³/mol. The highest BCUT2D eigenvalue weighted by atomic mass is 16.2. The molecule has 0 saturated carbocycles. The molecule has 0 aliphatic carbocycles. The first-order valence-electron chi connectivity index (χ1n) is 9.53. The zero-order chi connectivity index (χ0) is 19.5. The normalized spacial score (nSPS) is 16.0. The number of carbonyl (C=O) groups is 1. The number of nitrogens with one attached hydrogen (secondary N) is 2. The van der Waals surface area contributed by atoms with Crippen LogP contribution >= 0.6 is 0 Å². The molecule has 142 valence electrons. The molecule has 2 heterocycles. The molecule has 1 atom stereocenters. The molecule has 0 bridgehead atoms. The van der Waals surface area contributed by atoms with Crippen LogP contribution in [0.15, 0.2) is 72.9 Å². The van der Waals surface area contributed by atoms with E-state index in [0.717, 1.165) is 35.5 Å². The summed E-state index contributed by atoms with van der Waals surface area (Å²) in [7, 11) is 0. The maximum Gasteiger partial charge on any atom is 0.272 e. The highest BCUT2D eigenvalue weighted by molar-refractivity contribution is 5.92. The topological polar surface area (TPSA) is 58.9 Å². The van der Waals surface area contributed by atoms with Crippen LogP contribution < -0.4 is 10.6 Å². The first-order valence-corrected chi connectivity index (χ1v) is 9.53. The summed E-state index contributed by atoms with van der Waals surface area (Å²) in [5.74, 6) is -0.172. The molecule has 4 rings (SSSR count). The van der Waals surface area contributed by atoms with Crippen molar-refractivity contribution in [1.29, 1.82) is 0 Å². The van der Waals surface area contributed by atoms with Gasteiger partial charge in [0, 0.05) is 17.1 Å². The van der Waals surface area contributed by atoms with Crippen molar-refractivity contribution in [3.63, 3.8) is 0 Å². The summed E-state index contributed by atoms with van der Waals surface area (Å²) in [5.41, 5.74) is 5.65. The van der Waals surface area contributed by atoms with E-state index >= 15 is 0 Å². The van der Waals surface area contributed by atoms with Gasteiger partial charge in [-0.05, 0) is 43.0 Å². The van der Waals surface area contributed by atoms with Gasteiger partial charge in [-0.15, -0.1) is 0 Å². The highest BCUT2D eigenvalue weighted by Gasteiger charge is 2.22. The van der Waals surface area contributed by atoms with Gasteiger partial charge in [-0.2, -0.15) is 5.10 Å². The zero-order valence-corrected chi connectivity index (χ0v) is 16.0. The predicted octanol–water partition coefficient (Wildman–Crippen LogP) is 3.91. The number of aryl methyl sites for hydroxylation is 2. The van der Waals surface area contributed by atoms with Gasteiger partial charge in [0.15, 0.2) is 0 Å². The average molecular weight is 372 g/mol. The van der Waals surface area contributed by atoms with E-state index < -0.39 is 0 Å². The maximum atomic E-state index is 12.8. The van der Waals surface area contributed by atoms with Crippen LogP contribution in [0, 0.1) is 6.92 Å². The summed E-state index contributed by atoms with van der Waals surface area (Å²) >= 11 is 0. The lowest BCUT2D eigenvalue weighted by Gasteiger charge is -2.18. The van der Waals surface area contributed by atoms with E-state index in [1.54, 1.807) is 0 Å². The van der Waals surface area contributed by atoms with Crippen LogP contribution in [0.25, 0.3) is 0 Å². The minimum Gasteiger partial charge on any atom is -0.357 e. The standard InChI is InChI=1S/C23H24N4O/c1-16-14-22(26-27(16)15-18-8-4-3-5-9-18)23(28)25-20-13-12-19-10-6-7-11-21(19)24-17(20)2/h3-11,14,20,24H,2,12-13,15H2,1H3,(H,25,28)/t20-/m0/s1. The molecule has 0 unspecified atom stereocenters. The minimum atomic E-state index is -0.172. The number of nitrogens with zero attached hydrogens (tertiary/aromatic N) is 2. The second kappa shape index (κ2) is 7.72. The molecular formula is C23H24N4O. The van der Waals surface area contributed by atoms with Crippen molar-refractivity contribution in [2.45, 2.75) is 32.4 Å². The molecule has 0 spiro atoms. The fraction of sp³-hybridized carbons (Fsp3) is 0.217. The molecule has 2 N–H and O–H groups in total. The van der Waals surface area contributed by atoms with Crippen LogP contribution in [-0.2, 0) is 13.0 Å². The Labute approximate surface area is 165 Å². The van der Waals surface area contributed by atoms with Crippen LogP contribution in [0.1, 0.15) is 33.7 Å². The third kappa shape index (κ3) is 3.83. The average Bonchev–Trinajstić information content (AvgIpc) is 2.98. The number of hydrogen-bond acceptors (Lipinski definition) is 3. The van der Waals surface area contributed by atoms with E-state index in [-0.39, 0.29) is 11.9 Å². The van der Waals surface area contributed by atoms with Crippen molar-refractivity contribution >= 4 is 11.6 Å². The van der Waals surface area contributed by atoms with Gasteiger partial charge in [-0.25, -0.2) is 0 Å². The van der Waals surface area contributed by atoms with Gasteiger partial charge in [0.1, 0.15) is 5.69 Å². The van der Waals surface area contributed by atoms with Crippen LogP contribution in [0.4, 0.5) is 5.69 Å². The molecule has 0 saturated heterocycles. The third-order valence-electron chi connectivity index (χ3n) is 5.13. The largest absolute Gasteiger partial charge is 0.357 e. The maximum absolute atomic E-state index is 12.8. The lowest BCUT2D eigenvalue weighted by molar-refractivity contribution is 0.0935. The summed E-state index contributed by atoms with van der Waals surface area (Å²) in [5, 5.41) is 10.9. The van der Waals surface area contributed by atoms with Crippen molar-refractivity contribution in [1.82, 2.24) is 15.1 Å². The summed E-state index contributed by atoms with van der Waals surface area (Å²) in [6.07, 6.45) is 1.69. The van der Waals surface area contributed by atoms with Crippen molar-refractivity contribution in [3.8, 4) is 0 Å². The van der Waals surface area contributed by atoms with Crippen molar-refractivity contribution < 1.29 is 4.79 Å². The Morgan fingerprint density at radius 2 is 1.96 bits per heavy atom. The Hall–Kier alpha value is -3.34. The van der Waals surface area contributed by atoms with E-state index in [1.165, 1.54) is 5.56 Å². The molecule has 2 aromatic carbocycles. The van der Waals surface area contributed by atoms with E-state index in [2.05, 4.69) is 40.5 Å². The van der Waals surface area contributed by atoms with Crippen molar-refractivity contribution in [2.24, 2.45) is 0 Å². The Morgan fingerprint density at radius 1 is 1.21 bits per heavy atom. The van der Waals surface area contributed by atoms with Gasteiger partial charge in [0.05, 0.1) is 12.6 Å². The fourth-order valence-corrected chi connectivity index (χ4v) is 3.52. The summed E-state index contributed by atoms with van der Waals surface area (Å²) < 4.78 is 1.86. The Kier molecular flexibility index (Phi) is 4.98. The smallest absolute Gasteiger partial charge is 0.272 e. The van der Waals surface area contributed by atoms with E-state index in [9.17, 15) is 4.79 Å². The Balaban J connectivity index is 1.45. The van der Waals surface area contributed by atoms with Gasteiger partial charge < -0.3 is 10.6 Å².